The first kappa shape index (κ1) is 10.1. The van der Waals surface area contributed by atoms with Gasteiger partial charge in [0.2, 0.25) is 0 Å². The van der Waals surface area contributed by atoms with E-state index in [2.05, 4.69) is 44.3 Å². The predicted octanol–water partition coefficient (Wildman–Crippen LogP) is 3.17. The van der Waals surface area contributed by atoms with Crippen LogP contribution in [0.3, 0.4) is 0 Å². The van der Waals surface area contributed by atoms with E-state index >= 15 is 0 Å². The van der Waals surface area contributed by atoms with Crippen LogP contribution in [0.25, 0.3) is 0 Å². The van der Waals surface area contributed by atoms with Crippen molar-refractivity contribution >= 4 is 21.6 Å². The molecule has 0 radical (unpaired) electrons. The number of nitrogens with one attached hydrogen (secondary N) is 1. The lowest BCUT2D eigenvalue weighted by Gasteiger charge is -2.18. The second kappa shape index (κ2) is 4.28. The number of dihydropyridines is 1. The summed E-state index contributed by atoms with van der Waals surface area (Å²) in [6.07, 6.45) is 6.33. The van der Waals surface area contributed by atoms with Gasteiger partial charge in [-0.3, -0.25) is 0 Å². The number of hydrogen-bond donors (Lipinski definition) is 1. The molecule has 12 heavy (non-hydrogen) atoms. The maximum Gasteiger partial charge on any atom is 0.0791 e. The summed E-state index contributed by atoms with van der Waals surface area (Å²) in [4.78, 5) is 0. The lowest BCUT2D eigenvalue weighted by Crippen LogP contribution is -2.13. The average Bonchev–Trinajstić information content (AvgIpc) is 2.02. The molecule has 68 valence electrons. The van der Waals surface area contributed by atoms with E-state index in [0.29, 0.717) is 4.75 Å². The minimum absolute atomic E-state index is 0.328. The molecule has 1 heterocycles. The zero-order chi connectivity index (χ0) is 9.03. The highest BCUT2D eigenvalue weighted by atomic mass is 33.1. The van der Waals surface area contributed by atoms with E-state index in [4.69, 9.17) is 0 Å². The van der Waals surface area contributed by atoms with Gasteiger partial charge in [0.1, 0.15) is 0 Å². The van der Waals surface area contributed by atoms with Crippen molar-refractivity contribution in [1.82, 2.24) is 5.32 Å². The van der Waals surface area contributed by atoms with Crippen LogP contribution < -0.4 is 5.32 Å². The van der Waals surface area contributed by atoms with Crippen LogP contribution in [-0.4, -0.2) is 11.3 Å². The quantitative estimate of drug-likeness (QED) is 0.689. The molecule has 1 N–H and O–H groups in total. The fraction of sp³-hybridized carbons (Fsp3) is 0.556. The van der Waals surface area contributed by atoms with Crippen molar-refractivity contribution < 1.29 is 0 Å². The van der Waals surface area contributed by atoms with E-state index in [-0.39, 0.29) is 0 Å². The van der Waals surface area contributed by atoms with Crippen molar-refractivity contribution in [3.63, 3.8) is 0 Å². The first-order chi connectivity index (χ1) is 5.58. The highest BCUT2D eigenvalue weighted by Crippen LogP contribution is 2.39. The van der Waals surface area contributed by atoms with Crippen LogP contribution in [-0.2, 0) is 0 Å². The van der Waals surface area contributed by atoms with Crippen LogP contribution in [0.5, 0.6) is 0 Å². The largest absolute Gasteiger partial charge is 0.376 e. The van der Waals surface area contributed by atoms with Gasteiger partial charge in [0, 0.05) is 11.3 Å². The molecule has 0 fully saturated rings. The molecular formula is C9H15NS2. The third-order valence-corrected chi connectivity index (χ3v) is 4.49. The molecule has 0 aromatic carbocycles. The molecule has 3 heteroatoms. The van der Waals surface area contributed by atoms with E-state index in [9.17, 15) is 0 Å². The Balaban J connectivity index is 2.32. The van der Waals surface area contributed by atoms with Gasteiger partial charge in [0.15, 0.2) is 0 Å². The van der Waals surface area contributed by atoms with Gasteiger partial charge in [-0.2, -0.15) is 0 Å². The highest BCUT2D eigenvalue weighted by molar-refractivity contribution is 8.78. The fourth-order valence-corrected chi connectivity index (χ4v) is 2.65. The van der Waals surface area contributed by atoms with E-state index in [1.165, 1.54) is 5.03 Å². The third kappa shape index (κ3) is 4.12. The highest BCUT2D eigenvalue weighted by Gasteiger charge is 2.12. The van der Waals surface area contributed by atoms with Gasteiger partial charge in [0.25, 0.3) is 0 Å². The molecule has 1 nitrogen and oxygen atoms in total. The van der Waals surface area contributed by atoms with Crippen LogP contribution >= 0.6 is 21.6 Å². The summed E-state index contributed by atoms with van der Waals surface area (Å²) in [5.41, 5.74) is 0. The summed E-state index contributed by atoms with van der Waals surface area (Å²) in [6.45, 7) is 7.64. The van der Waals surface area contributed by atoms with Crippen molar-refractivity contribution in [3.05, 3.63) is 23.3 Å². The van der Waals surface area contributed by atoms with Crippen molar-refractivity contribution in [2.24, 2.45) is 0 Å². The smallest absolute Gasteiger partial charge is 0.0791 e. The summed E-state index contributed by atoms with van der Waals surface area (Å²) in [6, 6.07) is 0. The minimum atomic E-state index is 0.328. The molecule has 1 aliphatic rings. The zero-order valence-electron chi connectivity index (χ0n) is 7.76. The van der Waals surface area contributed by atoms with Crippen molar-refractivity contribution in [3.8, 4) is 0 Å². The maximum atomic E-state index is 3.31. The summed E-state index contributed by atoms with van der Waals surface area (Å²) >= 11 is 0. The van der Waals surface area contributed by atoms with E-state index in [1.54, 1.807) is 0 Å². The summed E-state index contributed by atoms with van der Waals surface area (Å²) in [7, 11) is 3.71. The zero-order valence-corrected chi connectivity index (χ0v) is 9.39. The van der Waals surface area contributed by atoms with Crippen molar-refractivity contribution in [2.45, 2.75) is 25.5 Å². The molecule has 0 aromatic rings. The standard InChI is InChI=1S/C9H15NS2/c1-9(2,3)12-11-8-6-4-5-7-10-8/h4-6,10H,7H2,1-3H3. The second-order valence-electron chi connectivity index (χ2n) is 3.62. The molecular weight excluding hydrogens is 186 g/mol. The molecule has 1 rings (SSSR count). The monoisotopic (exact) mass is 201 g/mol. The topological polar surface area (TPSA) is 12.0 Å². The molecule has 0 spiro atoms. The van der Waals surface area contributed by atoms with E-state index in [1.807, 2.05) is 21.6 Å². The Bertz CT molecular complexity index is 201. The molecule has 0 aromatic heterocycles. The predicted molar refractivity (Wildman–Crippen MR) is 60.2 cm³/mol. The molecule has 0 unspecified atom stereocenters. The van der Waals surface area contributed by atoms with Gasteiger partial charge in [0.05, 0.1) is 5.03 Å². The first-order valence-electron chi connectivity index (χ1n) is 4.04. The SMILES string of the molecule is CC(C)(C)SSC1=CC=CCN1. The fourth-order valence-electron chi connectivity index (χ4n) is 0.669. The molecule has 0 amide bonds. The van der Waals surface area contributed by atoms with Gasteiger partial charge < -0.3 is 5.32 Å². The maximum absolute atomic E-state index is 3.31. The minimum Gasteiger partial charge on any atom is -0.376 e. The Labute approximate surface area is 82.5 Å². The third-order valence-electron chi connectivity index (χ3n) is 1.16. The van der Waals surface area contributed by atoms with Crippen LogP contribution in [0.2, 0.25) is 0 Å². The number of allylic oxidation sites excluding steroid dienone is 2. The van der Waals surface area contributed by atoms with Gasteiger partial charge in [-0.05, 0) is 16.9 Å². The Morgan fingerprint density at radius 2 is 2.17 bits per heavy atom. The van der Waals surface area contributed by atoms with Crippen molar-refractivity contribution in [1.29, 1.82) is 0 Å². The van der Waals surface area contributed by atoms with Gasteiger partial charge in [-0.15, -0.1) is 0 Å². The number of rotatable bonds is 2. The van der Waals surface area contributed by atoms with Crippen LogP contribution in [0, 0.1) is 0 Å². The first-order valence-corrected chi connectivity index (χ1v) is 6.19. The summed E-state index contributed by atoms with van der Waals surface area (Å²) in [5, 5.41) is 4.57. The Morgan fingerprint density at radius 1 is 1.42 bits per heavy atom. The van der Waals surface area contributed by atoms with E-state index in [0.717, 1.165) is 6.54 Å². The van der Waals surface area contributed by atoms with Gasteiger partial charge >= 0.3 is 0 Å². The van der Waals surface area contributed by atoms with Crippen LogP contribution in [0.15, 0.2) is 23.3 Å². The van der Waals surface area contributed by atoms with Crippen molar-refractivity contribution in [2.75, 3.05) is 6.54 Å². The second-order valence-corrected chi connectivity index (χ2v) is 6.62. The Morgan fingerprint density at radius 3 is 2.67 bits per heavy atom. The summed E-state index contributed by atoms with van der Waals surface area (Å²) in [5.74, 6) is 0. The average molecular weight is 201 g/mol. The van der Waals surface area contributed by atoms with Gasteiger partial charge in [-0.25, -0.2) is 0 Å². The molecule has 0 aliphatic carbocycles. The Hall–Kier alpha value is -0.0200. The lowest BCUT2D eigenvalue weighted by atomic mass is 10.3. The molecule has 0 bridgehead atoms. The normalized spacial score (nSPS) is 17.1. The molecule has 1 aliphatic heterocycles. The van der Waals surface area contributed by atoms with Crippen LogP contribution in [0.4, 0.5) is 0 Å². The van der Waals surface area contributed by atoms with E-state index < -0.39 is 0 Å². The summed E-state index contributed by atoms with van der Waals surface area (Å²) < 4.78 is 0.328. The molecule has 0 saturated carbocycles. The molecule has 0 atom stereocenters. The Kier molecular flexibility index (Phi) is 3.59. The molecule has 0 saturated heterocycles. The van der Waals surface area contributed by atoms with Gasteiger partial charge in [-0.1, -0.05) is 43.7 Å². The number of hydrogen-bond acceptors (Lipinski definition) is 3. The van der Waals surface area contributed by atoms with Crippen LogP contribution in [0.1, 0.15) is 20.8 Å². The lowest BCUT2D eigenvalue weighted by molar-refractivity contribution is 0.810.